The summed E-state index contributed by atoms with van der Waals surface area (Å²) in [6.45, 7) is 0.858. The molecule has 0 radical (unpaired) electrons. The zero-order valence-electron chi connectivity index (χ0n) is 14.1. The van der Waals surface area contributed by atoms with Crippen LogP contribution in [0.4, 0.5) is 5.69 Å². The number of hydrogen-bond acceptors (Lipinski definition) is 5. The summed E-state index contributed by atoms with van der Waals surface area (Å²) in [4.78, 5) is 32.5. The number of carbonyl (C=O) groups excluding carboxylic acids is 2. The molecule has 2 heterocycles. The Bertz CT molecular complexity index is 779. The van der Waals surface area contributed by atoms with Crippen molar-refractivity contribution in [3.8, 4) is 11.5 Å². The summed E-state index contributed by atoms with van der Waals surface area (Å²) in [5.74, 6) is 0.454. The Hall–Kier alpha value is -3.09. The van der Waals surface area contributed by atoms with E-state index in [-0.39, 0.29) is 18.4 Å². The van der Waals surface area contributed by atoms with E-state index in [2.05, 4.69) is 4.98 Å². The van der Waals surface area contributed by atoms with Crippen LogP contribution >= 0.6 is 0 Å². The van der Waals surface area contributed by atoms with Gasteiger partial charge in [0, 0.05) is 19.3 Å². The third kappa shape index (κ3) is 3.26. The van der Waals surface area contributed by atoms with E-state index in [0.29, 0.717) is 30.2 Å². The van der Waals surface area contributed by atoms with Crippen molar-refractivity contribution in [2.75, 3.05) is 38.8 Å². The number of ether oxygens (including phenoxy) is 2. The van der Waals surface area contributed by atoms with Crippen LogP contribution in [0.3, 0.4) is 0 Å². The second-order valence-corrected chi connectivity index (χ2v) is 5.52. The zero-order valence-corrected chi connectivity index (χ0v) is 14.1. The summed E-state index contributed by atoms with van der Waals surface area (Å²) in [6.07, 6.45) is 3.29. The van der Waals surface area contributed by atoms with Gasteiger partial charge in [0.05, 0.1) is 31.7 Å². The van der Waals surface area contributed by atoms with E-state index in [9.17, 15) is 9.59 Å². The van der Waals surface area contributed by atoms with Crippen LogP contribution in [0.5, 0.6) is 11.5 Å². The predicted molar refractivity (Wildman–Crippen MR) is 92.0 cm³/mol. The minimum atomic E-state index is -0.255. The second kappa shape index (κ2) is 7.21. The van der Waals surface area contributed by atoms with Crippen LogP contribution in [0.25, 0.3) is 0 Å². The molecule has 0 spiro atoms. The molecular formula is C18H19N3O4. The SMILES string of the molecule is COc1cccc(C(=O)N2CCN(c3cccnc3)C(=O)C2)c1OC. The topological polar surface area (TPSA) is 72.0 Å². The number of hydrogen-bond donors (Lipinski definition) is 0. The van der Waals surface area contributed by atoms with E-state index in [1.807, 2.05) is 6.07 Å². The number of aromatic nitrogens is 1. The lowest BCUT2D eigenvalue weighted by atomic mass is 10.1. The maximum Gasteiger partial charge on any atom is 0.258 e. The maximum absolute atomic E-state index is 12.8. The molecule has 130 valence electrons. The predicted octanol–water partition coefficient (Wildman–Crippen LogP) is 1.59. The highest BCUT2D eigenvalue weighted by Gasteiger charge is 2.30. The zero-order chi connectivity index (χ0) is 17.8. The molecule has 0 saturated carbocycles. The molecule has 1 fully saturated rings. The van der Waals surface area contributed by atoms with Gasteiger partial charge in [0.15, 0.2) is 11.5 Å². The lowest BCUT2D eigenvalue weighted by Gasteiger charge is -2.34. The maximum atomic E-state index is 12.8. The normalized spacial score (nSPS) is 14.4. The van der Waals surface area contributed by atoms with Crippen molar-refractivity contribution in [3.63, 3.8) is 0 Å². The Morgan fingerprint density at radius 2 is 1.96 bits per heavy atom. The Kier molecular flexibility index (Phi) is 4.83. The first-order valence-corrected chi connectivity index (χ1v) is 7.86. The number of amides is 2. The van der Waals surface area contributed by atoms with E-state index >= 15 is 0 Å². The van der Waals surface area contributed by atoms with E-state index in [1.54, 1.807) is 41.6 Å². The van der Waals surface area contributed by atoms with Gasteiger partial charge in [-0.2, -0.15) is 0 Å². The van der Waals surface area contributed by atoms with Crippen LogP contribution in [0, 0.1) is 0 Å². The van der Waals surface area contributed by atoms with Crippen LogP contribution in [-0.2, 0) is 4.79 Å². The summed E-state index contributed by atoms with van der Waals surface area (Å²) in [7, 11) is 3.00. The van der Waals surface area contributed by atoms with E-state index in [0.717, 1.165) is 5.69 Å². The first kappa shape index (κ1) is 16.8. The van der Waals surface area contributed by atoms with Crippen LogP contribution < -0.4 is 14.4 Å². The highest BCUT2D eigenvalue weighted by atomic mass is 16.5. The number of anilines is 1. The summed E-state index contributed by atoms with van der Waals surface area (Å²) < 4.78 is 10.6. The molecule has 0 atom stereocenters. The van der Waals surface area contributed by atoms with Gasteiger partial charge < -0.3 is 19.3 Å². The number of benzene rings is 1. The molecular weight excluding hydrogens is 322 g/mol. The highest BCUT2D eigenvalue weighted by Crippen LogP contribution is 2.31. The molecule has 0 aliphatic carbocycles. The molecule has 7 heteroatoms. The molecule has 1 saturated heterocycles. The Labute approximate surface area is 145 Å². The quantitative estimate of drug-likeness (QED) is 0.844. The van der Waals surface area contributed by atoms with Gasteiger partial charge in [-0.25, -0.2) is 0 Å². The summed E-state index contributed by atoms with van der Waals surface area (Å²) in [5.41, 5.74) is 1.11. The Morgan fingerprint density at radius 3 is 2.60 bits per heavy atom. The highest BCUT2D eigenvalue weighted by molar-refractivity contribution is 6.03. The van der Waals surface area contributed by atoms with Crippen LogP contribution in [0.2, 0.25) is 0 Å². The minimum Gasteiger partial charge on any atom is -0.493 e. The lowest BCUT2D eigenvalue weighted by Crippen LogP contribution is -2.52. The van der Waals surface area contributed by atoms with Crippen molar-refractivity contribution < 1.29 is 19.1 Å². The first-order valence-electron chi connectivity index (χ1n) is 7.86. The summed E-state index contributed by atoms with van der Waals surface area (Å²) in [6, 6.07) is 8.72. The molecule has 3 rings (SSSR count). The second-order valence-electron chi connectivity index (χ2n) is 5.52. The van der Waals surface area contributed by atoms with Gasteiger partial charge in [0.1, 0.15) is 6.54 Å². The van der Waals surface area contributed by atoms with Crippen molar-refractivity contribution in [1.82, 2.24) is 9.88 Å². The molecule has 1 aromatic carbocycles. The number of rotatable bonds is 4. The Balaban J connectivity index is 1.79. The van der Waals surface area contributed by atoms with E-state index in [4.69, 9.17) is 9.47 Å². The summed E-state index contributed by atoms with van der Waals surface area (Å²) in [5, 5.41) is 0. The number of carbonyl (C=O) groups is 2. The number of methoxy groups -OCH3 is 2. The van der Waals surface area contributed by atoms with Crippen molar-refractivity contribution in [1.29, 1.82) is 0 Å². The fourth-order valence-corrected chi connectivity index (χ4v) is 2.86. The first-order chi connectivity index (χ1) is 12.2. The van der Waals surface area contributed by atoms with Crippen molar-refractivity contribution in [2.24, 2.45) is 0 Å². The van der Waals surface area contributed by atoms with Gasteiger partial charge in [-0.1, -0.05) is 6.07 Å². The van der Waals surface area contributed by atoms with E-state index in [1.165, 1.54) is 19.1 Å². The minimum absolute atomic E-state index is 0.00803. The van der Waals surface area contributed by atoms with Crippen LogP contribution in [0.15, 0.2) is 42.7 Å². The average Bonchev–Trinajstić information content (AvgIpc) is 2.67. The molecule has 0 N–H and O–H groups in total. The number of pyridine rings is 1. The smallest absolute Gasteiger partial charge is 0.258 e. The number of para-hydroxylation sites is 1. The molecule has 1 aromatic heterocycles. The van der Waals surface area contributed by atoms with Gasteiger partial charge >= 0.3 is 0 Å². The van der Waals surface area contributed by atoms with Gasteiger partial charge in [-0.15, -0.1) is 0 Å². The third-order valence-corrected chi connectivity index (χ3v) is 4.10. The van der Waals surface area contributed by atoms with Gasteiger partial charge in [-0.05, 0) is 24.3 Å². The van der Waals surface area contributed by atoms with Gasteiger partial charge in [0.2, 0.25) is 5.91 Å². The molecule has 0 bridgehead atoms. The fraction of sp³-hybridized carbons (Fsp3) is 0.278. The molecule has 1 aliphatic heterocycles. The monoisotopic (exact) mass is 341 g/mol. The molecule has 0 unspecified atom stereocenters. The largest absolute Gasteiger partial charge is 0.493 e. The van der Waals surface area contributed by atoms with E-state index < -0.39 is 0 Å². The lowest BCUT2D eigenvalue weighted by molar-refractivity contribution is -0.120. The molecule has 7 nitrogen and oxygen atoms in total. The standard InChI is InChI=1S/C18H19N3O4/c1-24-15-7-3-6-14(17(15)25-2)18(23)20-9-10-21(16(22)12-20)13-5-4-8-19-11-13/h3-8,11H,9-10,12H2,1-2H3. The Morgan fingerprint density at radius 1 is 1.12 bits per heavy atom. The molecule has 25 heavy (non-hydrogen) atoms. The van der Waals surface area contributed by atoms with Crippen LogP contribution in [0.1, 0.15) is 10.4 Å². The fourth-order valence-electron chi connectivity index (χ4n) is 2.86. The molecule has 1 aliphatic rings. The van der Waals surface area contributed by atoms with Crippen molar-refractivity contribution in [2.45, 2.75) is 0 Å². The molecule has 2 amide bonds. The number of piperazine rings is 1. The third-order valence-electron chi connectivity index (χ3n) is 4.10. The van der Waals surface area contributed by atoms with Crippen molar-refractivity contribution in [3.05, 3.63) is 48.3 Å². The number of nitrogens with zero attached hydrogens (tertiary/aromatic N) is 3. The molecule has 2 aromatic rings. The van der Waals surface area contributed by atoms with Gasteiger partial charge in [-0.3, -0.25) is 14.6 Å². The van der Waals surface area contributed by atoms with Crippen molar-refractivity contribution >= 4 is 17.5 Å². The average molecular weight is 341 g/mol. The summed E-state index contributed by atoms with van der Waals surface area (Å²) >= 11 is 0. The van der Waals surface area contributed by atoms with Gasteiger partial charge in [0.25, 0.3) is 5.91 Å². The van der Waals surface area contributed by atoms with Crippen LogP contribution in [-0.4, -0.2) is 55.6 Å².